The first-order chi connectivity index (χ1) is 14.6. The highest BCUT2D eigenvalue weighted by Crippen LogP contribution is 2.16. The maximum absolute atomic E-state index is 13.2. The molecule has 30 heavy (non-hydrogen) atoms. The molecule has 164 valence electrons. The molecule has 0 unspecified atom stereocenters. The lowest BCUT2D eigenvalue weighted by atomic mass is 10.1. The van der Waals surface area contributed by atoms with Gasteiger partial charge in [-0.05, 0) is 37.1 Å². The Morgan fingerprint density at radius 1 is 0.867 bits per heavy atom. The largest absolute Gasteiger partial charge is 0.273 e. The van der Waals surface area contributed by atoms with Gasteiger partial charge in [0.2, 0.25) is 11.8 Å². The van der Waals surface area contributed by atoms with E-state index in [0.29, 0.717) is 23.1 Å². The van der Waals surface area contributed by atoms with Crippen molar-refractivity contribution < 1.29 is 9.59 Å². The lowest BCUT2D eigenvalue weighted by molar-refractivity contribution is -0.129. The molecule has 5 nitrogen and oxygen atoms in total. The third-order valence-electron chi connectivity index (χ3n) is 5.29. The Labute approximate surface area is 185 Å². The fourth-order valence-corrected chi connectivity index (χ4v) is 3.82. The summed E-state index contributed by atoms with van der Waals surface area (Å²) >= 11 is 5.51. The highest BCUT2D eigenvalue weighted by atomic mass is 32.1. The van der Waals surface area contributed by atoms with Crippen molar-refractivity contribution in [1.29, 1.82) is 0 Å². The molecule has 0 atom stereocenters. The summed E-state index contributed by atoms with van der Waals surface area (Å²) in [6, 6.07) is 7.39. The lowest BCUT2D eigenvalue weighted by Crippen LogP contribution is -2.46. The summed E-state index contributed by atoms with van der Waals surface area (Å²) < 4.78 is 1.95. The molecule has 0 aliphatic carbocycles. The molecular formula is C24H35N3O2S. The second-order valence-electron chi connectivity index (χ2n) is 7.83. The summed E-state index contributed by atoms with van der Waals surface area (Å²) in [5.74, 6) is -0.390. The van der Waals surface area contributed by atoms with Gasteiger partial charge in [-0.3, -0.25) is 9.59 Å². The summed E-state index contributed by atoms with van der Waals surface area (Å²) in [6.45, 7) is 4.34. The van der Waals surface area contributed by atoms with Crippen LogP contribution in [0.25, 0.3) is 11.0 Å². The van der Waals surface area contributed by atoms with E-state index in [1.54, 1.807) is 12.3 Å². The second kappa shape index (κ2) is 13.3. The number of imide groups is 1. The normalized spacial score (nSPS) is 11.0. The lowest BCUT2D eigenvalue weighted by Gasteiger charge is -2.24. The van der Waals surface area contributed by atoms with Crippen molar-refractivity contribution in [2.24, 2.45) is 0 Å². The molecule has 2 amide bonds. The van der Waals surface area contributed by atoms with Gasteiger partial charge in [0, 0.05) is 24.4 Å². The average Bonchev–Trinajstić information content (AvgIpc) is 2.75. The van der Waals surface area contributed by atoms with E-state index in [0.717, 1.165) is 56.8 Å². The van der Waals surface area contributed by atoms with Gasteiger partial charge in [0.1, 0.15) is 4.64 Å². The van der Waals surface area contributed by atoms with Gasteiger partial charge in [-0.1, -0.05) is 77.4 Å². The SMILES string of the molecule is CCCCCCCC(=O)N(C(=O)CCCCCCC)n1c(=S)ccc2cccnc21. The van der Waals surface area contributed by atoms with E-state index in [1.807, 2.05) is 18.2 Å². The molecule has 6 heteroatoms. The van der Waals surface area contributed by atoms with Crippen molar-refractivity contribution in [3.05, 3.63) is 35.1 Å². The van der Waals surface area contributed by atoms with E-state index in [2.05, 4.69) is 18.8 Å². The van der Waals surface area contributed by atoms with Gasteiger partial charge in [0.25, 0.3) is 0 Å². The first-order valence-corrected chi connectivity index (χ1v) is 11.8. The standard InChI is InChI=1S/C24H35N3O2S/c1-3-5-7-9-11-15-21(28)26(22(29)16-12-10-8-6-4-2)27-23(30)18-17-20-14-13-19-25-24(20)27/h13-14,17-19H,3-12,15-16H2,1-2H3. The summed E-state index contributed by atoms with van der Waals surface area (Å²) in [6.07, 6.45) is 12.8. The number of nitrogens with zero attached hydrogens (tertiary/aromatic N) is 3. The highest BCUT2D eigenvalue weighted by Gasteiger charge is 2.24. The molecule has 0 N–H and O–H groups in total. The molecule has 0 aliphatic heterocycles. The van der Waals surface area contributed by atoms with E-state index in [4.69, 9.17) is 12.2 Å². The molecule has 2 aromatic rings. The van der Waals surface area contributed by atoms with Crippen LogP contribution in [0.15, 0.2) is 30.5 Å². The minimum atomic E-state index is -0.195. The summed E-state index contributed by atoms with van der Waals surface area (Å²) in [5.41, 5.74) is 0.545. The highest BCUT2D eigenvalue weighted by molar-refractivity contribution is 7.71. The van der Waals surface area contributed by atoms with Crippen molar-refractivity contribution in [3.63, 3.8) is 0 Å². The fourth-order valence-electron chi connectivity index (χ4n) is 3.58. The number of rotatable bonds is 13. The molecule has 2 aromatic heterocycles. The molecule has 0 saturated carbocycles. The Morgan fingerprint density at radius 3 is 2.00 bits per heavy atom. The van der Waals surface area contributed by atoms with Crippen molar-refractivity contribution in [2.75, 3.05) is 5.01 Å². The molecule has 0 saturated heterocycles. The molecule has 0 aliphatic rings. The van der Waals surface area contributed by atoms with Gasteiger partial charge in [-0.2, -0.15) is 5.01 Å². The summed E-state index contributed by atoms with van der Waals surface area (Å²) in [5, 5.41) is 2.11. The Hall–Kier alpha value is -2.08. The van der Waals surface area contributed by atoms with Crippen LogP contribution >= 0.6 is 12.2 Å². The van der Waals surface area contributed by atoms with E-state index < -0.39 is 0 Å². The molecule has 2 heterocycles. The second-order valence-corrected chi connectivity index (χ2v) is 8.25. The number of hydrogen-bond donors (Lipinski definition) is 0. The van der Waals surface area contributed by atoms with E-state index in [-0.39, 0.29) is 11.8 Å². The Kier molecular flexibility index (Phi) is 10.7. The number of amides is 2. The van der Waals surface area contributed by atoms with Crippen LogP contribution in [0, 0.1) is 4.64 Å². The van der Waals surface area contributed by atoms with Crippen LogP contribution in [0.4, 0.5) is 0 Å². The fraction of sp³-hybridized carbons (Fsp3) is 0.583. The molecule has 0 aromatic carbocycles. The minimum absolute atomic E-state index is 0.195. The first kappa shape index (κ1) is 24.2. The number of pyridine rings is 2. The zero-order valence-electron chi connectivity index (χ0n) is 18.4. The quantitative estimate of drug-likeness (QED) is 0.270. The van der Waals surface area contributed by atoms with Gasteiger partial charge >= 0.3 is 0 Å². The van der Waals surface area contributed by atoms with Gasteiger partial charge in [0.05, 0.1) is 0 Å². The predicted molar refractivity (Wildman–Crippen MR) is 126 cm³/mol. The zero-order valence-corrected chi connectivity index (χ0v) is 19.3. The van der Waals surface area contributed by atoms with Crippen LogP contribution in [0.5, 0.6) is 0 Å². The van der Waals surface area contributed by atoms with Gasteiger partial charge in [-0.25, -0.2) is 9.66 Å². The van der Waals surface area contributed by atoms with Crippen molar-refractivity contribution >= 4 is 35.1 Å². The molecule has 0 bridgehead atoms. The van der Waals surface area contributed by atoms with E-state index in [1.165, 1.54) is 22.5 Å². The molecule has 0 fully saturated rings. The maximum Gasteiger partial charge on any atom is 0.248 e. The predicted octanol–water partition coefficient (Wildman–Crippen LogP) is 6.48. The van der Waals surface area contributed by atoms with Crippen molar-refractivity contribution in [3.8, 4) is 0 Å². The van der Waals surface area contributed by atoms with Gasteiger partial charge in [0.15, 0.2) is 5.65 Å². The first-order valence-electron chi connectivity index (χ1n) is 11.4. The molecule has 2 rings (SSSR count). The van der Waals surface area contributed by atoms with E-state index in [9.17, 15) is 9.59 Å². The topological polar surface area (TPSA) is 55.2 Å². The Bertz CT molecular complexity index is 852. The molecule has 0 spiro atoms. The van der Waals surface area contributed by atoms with Crippen molar-refractivity contribution in [2.45, 2.75) is 90.9 Å². The number of fused-ring (bicyclic) bond motifs is 1. The number of carbonyl (C=O) groups excluding carboxylic acids is 2. The monoisotopic (exact) mass is 429 g/mol. The van der Waals surface area contributed by atoms with Gasteiger partial charge < -0.3 is 0 Å². The van der Waals surface area contributed by atoms with Crippen LogP contribution in [0.3, 0.4) is 0 Å². The van der Waals surface area contributed by atoms with Gasteiger partial charge in [-0.15, -0.1) is 0 Å². The Morgan fingerprint density at radius 2 is 1.43 bits per heavy atom. The third-order valence-corrected chi connectivity index (χ3v) is 5.60. The maximum atomic E-state index is 13.2. The summed E-state index contributed by atoms with van der Waals surface area (Å²) in [7, 11) is 0. The number of unbranched alkanes of at least 4 members (excludes halogenated alkanes) is 8. The number of carbonyl (C=O) groups is 2. The van der Waals surface area contributed by atoms with Crippen LogP contribution in [0.1, 0.15) is 90.9 Å². The Balaban J connectivity index is 2.23. The van der Waals surface area contributed by atoms with E-state index >= 15 is 0 Å². The third kappa shape index (κ3) is 7.01. The number of hydrogen-bond acceptors (Lipinski definition) is 4. The van der Waals surface area contributed by atoms with Crippen LogP contribution < -0.4 is 5.01 Å². The average molecular weight is 430 g/mol. The summed E-state index contributed by atoms with van der Waals surface area (Å²) in [4.78, 5) is 30.7. The van der Waals surface area contributed by atoms with Crippen LogP contribution in [-0.2, 0) is 9.59 Å². The number of aromatic nitrogens is 2. The molecule has 0 radical (unpaired) electrons. The van der Waals surface area contributed by atoms with Crippen LogP contribution in [-0.4, -0.2) is 21.5 Å². The smallest absolute Gasteiger partial charge is 0.248 e. The van der Waals surface area contributed by atoms with Crippen LogP contribution in [0.2, 0.25) is 0 Å². The molecular weight excluding hydrogens is 394 g/mol. The minimum Gasteiger partial charge on any atom is -0.273 e. The van der Waals surface area contributed by atoms with Crippen molar-refractivity contribution in [1.82, 2.24) is 9.66 Å². The zero-order chi connectivity index (χ0) is 21.8.